The Morgan fingerprint density at radius 3 is 2.61 bits per heavy atom. The zero-order chi connectivity index (χ0) is 16.4. The van der Waals surface area contributed by atoms with E-state index >= 15 is 0 Å². The first-order valence-electron chi connectivity index (χ1n) is 7.31. The van der Waals surface area contributed by atoms with Crippen molar-refractivity contribution in [2.24, 2.45) is 16.0 Å². The second-order valence-corrected chi connectivity index (χ2v) is 5.42. The van der Waals surface area contributed by atoms with Crippen molar-refractivity contribution in [3.63, 3.8) is 0 Å². The summed E-state index contributed by atoms with van der Waals surface area (Å²) in [6, 6.07) is 13.9. The predicted molar refractivity (Wildman–Crippen MR) is 89.8 cm³/mol. The Hall–Kier alpha value is -2.82. The molecule has 0 saturated carbocycles. The summed E-state index contributed by atoms with van der Waals surface area (Å²) >= 11 is 0. The van der Waals surface area contributed by atoms with Gasteiger partial charge in [-0.1, -0.05) is 18.2 Å². The van der Waals surface area contributed by atoms with Crippen molar-refractivity contribution in [2.45, 2.75) is 13.8 Å². The summed E-state index contributed by atoms with van der Waals surface area (Å²) in [6.45, 7) is 3.48. The normalized spacial score (nSPS) is 17.9. The molecular formula is C18H16FN3O. The molecule has 23 heavy (non-hydrogen) atoms. The SMILES string of the molecule is CC1=NN(c2ccccc2)C(=O)[C@H]1C=Nc1ccc(F)c(C)c1. The molecule has 0 saturated heterocycles. The number of nitrogens with zero attached hydrogens (tertiary/aromatic N) is 3. The number of hydrazone groups is 1. The summed E-state index contributed by atoms with van der Waals surface area (Å²) in [4.78, 5) is 16.8. The first kappa shape index (κ1) is 15.1. The minimum Gasteiger partial charge on any atom is -0.271 e. The maximum atomic E-state index is 13.3. The quantitative estimate of drug-likeness (QED) is 0.794. The Bertz CT molecular complexity index is 799. The number of hydrogen-bond donors (Lipinski definition) is 0. The number of aryl methyl sites for hydroxylation is 1. The van der Waals surface area contributed by atoms with E-state index in [-0.39, 0.29) is 11.7 Å². The van der Waals surface area contributed by atoms with Gasteiger partial charge in [-0.15, -0.1) is 0 Å². The molecule has 2 aromatic carbocycles. The molecule has 1 heterocycles. The Balaban J connectivity index is 1.81. The molecule has 3 rings (SSSR count). The van der Waals surface area contributed by atoms with Crippen LogP contribution < -0.4 is 5.01 Å². The fraction of sp³-hybridized carbons (Fsp3) is 0.167. The van der Waals surface area contributed by atoms with E-state index in [0.717, 1.165) is 5.69 Å². The van der Waals surface area contributed by atoms with Crippen LogP contribution in [-0.2, 0) is 4.79 Å². The number of carbonyl (C=O) groups is 1. The Kier molecular flexibility index (Phi) is 4.02. The third kappa shape index (κ3) is 3.04. The molecule has 0 fully saturated rings. The van der Waals surface area contributed by atoms with Crippen LogP contribution in [0.5, 0.6) is 0 Å². The highest BCUT2D eigenvalue weighted by atomic mass is 19.1. The molecule has 4 nitrogen and oxygen atoms in total. The van der Waals surface area contributed by atoms with Gasteiger partial charge in [0.05, 0.1) is 17.1 Å². The van der Waals surface area contributed by atoms with E-state index in [0.29, 0.717) is 17.0 Å². The second-order valence-electron chi connectivity index (χ2n) is 5.42. The molecule has 0 spiro atoms. The predicted octanol–water partition coefficient (Wildman–Crippen LogP) is 3.88. The lowest BCUT2D eigenvalue weighted by Gasteiger charge is -2.12. The highest BCUT2D eigenvalue weighted by Gasteiger charge is 2.33. The molecule has 1 atom stereocenters. The van der Waals surface area contributed by atoms with E-state index in [4.69, 9.17) is 0 Å². The van der Waals surface area contributed by atoms with Gasteiger partial charge in [0.15, 0.2) is 0 Å². The van der Waals surface area contributed by atoms with Gasteiger partial charge in [-0.3, -0.25) is 9.79 Å². The van der Waals surface area contributed by atoms with E-state index in [1.165, 1.54) is 11.1 Å². The Morgan fingerprint density at radius 2 is 1.91 bits per heavy atom. The standard InChI is InChI=1S/C18H16FN3O/c1-12-10-14(8-9-17(12)19)20-11-16-13(2)21-22(18(16)23)15-6-4-3-5-7-15/h3-11,16H,1-2H3/t16-/m0/s1. The van der Waals surface area contributed by atoms with Gasteiger partial charge in [0.25, 0.3) is 5.91 Å². The molecule has 1 amide bonds. The first-order chi connectivity index (χ1) is 11.1. The number of amides is 1. The largest absolute Gasteiger partial charge is 0.271 e. The van der Waals surface area contributed by atoms with Gasteiger partial charge >= 0.3 is 0 Å². The monoisotopic (exact) mass is 309 g/mol. The molecule has 0 bridgehead atoms. The Morgan fingerprint density at radius 1 is 1.17 bits per heavy atom. The number of carbonyl (C=O) groups excluding carboxylic acids is 1. The van der Waals surface area contributed by atoms with E-state index in [1.807, 2.05) is 30.3 Å². The van der Waals surface area contributed by atoms with Crippen molar-refractivity contribution in [3.05, 3.63) is 59.9 Å². The summed E-state index contributed by atoms with van der Waals surface area (Å²) in [7, 11) is 0. The van der Waals surface area contributed by atoms with Crippen molar-refractivity contribution in [2.75, 3.05) is 5.01 Å². The summed E-state index contributed by atoms with van der Waals surface area (Å²) in [6.07, 6.45) is 1.57. The van der Waals surface area contributed by atoms with Crippen LogP contribution in [0.25, 0.3) is 0 Å². The zero-order valence-corrected chi connectivity index (χ0v) is 12.9. The van der Waals surface area contributed by atoms with Gasteiger partial charge in [0.2, 0.25) is 0 Å². The van der Waals surface area contributed by atoms with Crippen molar-refractivity contribution in [1.29, 1.82) is 0 Å². The third-order valence-corrected chi connectivity index (χ3v) is 3.70. The van der Waals surface area contributed by atoms with E-state index < -0.39 is 5.92 Å². The van der Waals surface area contributed by atoms with Gasteiger partial charge in [-0.25, -0.2) is 4.39 Å². The topological polar surface area (TPSA) is 45.0 Å². The number of para-hydroxylation sites is 1. The van der Waals surface area contributed by atoms with Crippen LogP contribution in [0.2, 0.25) is 0 Å². The molecule has 1 aliphatic heterocycles. The van der Waals surface area contributed by atoms with Crippen molar-refractivity contribution < 1.29 is 9.18 Å². The zero-order valence-electron chi connectivity index (χ0n) is 12.9. The lowest BCUT2D eigenvalue weighted by molar-refractivity contribution is -0.118. The molecule has 5 heteroatoms. The number of halogens is 1. The summed E-state index contributed by atoms with van der Waals surface area (Å²) < 4.78 is 13.3. The van der Waals surface area contributed by atoms with Gasteiger partial charge in [-0.2, -0.15) is 10.1 Å². The average Bonchev–Trinajstić information content (AvgIpc) is 2.84. The van der Waals surface area contributed by atoms with Crippen molar-refractivity contribution >= 4 is 29.2 Å². The molecule has 116 valence electrons. The highest BCUT2D eigenvalue weighted by Crippen LogP contribution is 2.24. The molecule has 0 unspecified atom stereocenters. The number of aliphatic imine (C=N–C) groups is 1. The molecule has 0 aliphatic carbocycles. The van der Waals surface area contributed by atoms with E-state index in [2.05, 4.69) is 10.1 Å². The van der Waals surface area contributed by atoms with Crippen LogP contribution in [-0.4, -0.2) is 17.8 Å². The molecule has 0 radical (unpaired) electrons. The molecule has 1 aliphatic rings. The van der Waals surface area contributed by atoms with Crippen LogP contribution in [0.4, 0.5) is 15.8 Å². The molecular weight excluding hydrogens is 293 g/mol. The van der Waals surface area contributed by atoms with Crippen LogP contribution in [0, 0.1) is 18.7 Å². The average molecular weight is 309 g/mol. The van der Waals surface area contributed by atoms with Gasteiger partial charge in [0.1, 0.15) is 11.7 Å². The summed E-state index contributed by atoms with van der Waals surface area (Å²) in [5.74, 6) is -0.911. The van der Waals surface area contributed by atoms with E-state index in [9.17, 15) is 9.18 Å². The number of rotatable bonds is 3. The summed E-state index contributed by atoms with van der Waals surface area (Å²) in [5, 5.41) is 5.71. The molecule has 0 aromatic heterocycles. The fourth-order valence-corrected chi connectivity index (χ4v) is 2.38. The van der Waals surface area contributed by atoms with Crippen LogP contribution >= 0.6 is 0 Å². The van der Waals surface area contributed by atoms with E-state index in [1.54, 1.807) is 32.2 Å². The number of anilines is 1. The smallest absolute Gasteiger partial charge is 0.261 e. The Labute approximate surface area is 134 Å². The van der Waals surface area contributed by atoms with Gasteiger partial charge in [0, 0.05) is 6.21 Å². The maximum absolute atomic E-state index is 13.3. The maximum Gasteiger partial charge on any atom is 0.261 e. The van der Waals surface area contributed by atoms with Crippen molar-refractivity contribution in [3.8, 4) is 0 Å². The molecule has 2 aromatic rings. The van der Waals surface area contributed by atoms with Gasteiger partial charge < -0.3 is 0 Å². The fourth-order valence-electron chi connectivity index (χ4n) is 2.38. The molecule has 0 N–H and O–H groups in total. The second kappa shape index (κ2) is 6.12. The van der Waals surface area contributed by atoms with Crippen molar-refractivity contribution in [1.82, 2.24) is 0 Å². The number of hydrogen-bond acceptors (Lipinski definition) is 3. The third-order valence-electron chi connectivity index (χ3n) is 3.70. The number of benzene rings is 2. The lowest BCUT2D eigenvalue weighted by Crippen LogP contribution is -2.27. The van der Waals surface area contributed by atoms with Crippen LogP contribution in [0.15, 0.2) is 58.6 Å². The lowest BCUT2D eigenvalue weighted by atomic mass is 10.1. The minimum absolute atomic E-state index is 0.142. The highest BCUT2D eigenvalue weighted by molar-refractivity contribution is 6.23. The van der Waals surface area contributed by atoms with Crippen LogP contribution in [0.1, 0.15) is 12.5 Å². The van der Waals surface area contributed by atoms with Gasteiger partial charge in [-0.05, 0) is 49.7 Å². The van der Waals surface area contributed by atoms with Crippen LogP contribution in [0.3, 0.4) is 0 Å². The first-order valence-corrected chi connectivity index (χ1v) is 7.31. The summed E-state index contributed by atoms with van der Waals surface area (Å²) in [5.41, 5.74) is 2.54. The minimum atomic E-state index is -0.499.